The Balaban J connectivity index is 2.70. The topological polar surface area (TPSA) is 20.3 Å². The van der Waals surface area contributed by atoms with Crippen LogP contribution in [0, 0.1) is 0 Å². The van der Waals surface area contributed by atoms with Crippen LogP contribution in [0.5, 0.6) is 0 Å². The van der Waals surface area contributed by atoms with E-state index in [4.69, 9.17) is 0 Å². The fourth-order valence-corrected chi connectivity index (χ4v) is 2.27. The van der Waals surface area contributed by atoms with Crippen LogP contribution in [0.25, 0.3) is 0 Å². The quantitative estimate of drug-likeness (QED) is 0.779. The molecule has 1 amide bonds. The lowest BCUT2D eigenvalue weighted by Gasteiger charge is -2.27. The molecule has 0 spiro atoms. The van der Waals surface area contributed by atoms with Gasteiger partial charge in [-0.05, 0) is 12.5 Å². The second kappa shape index (κ2) is 5.58. The van der Waals surface area contributed by atoms with Gasteiger partial charge in [0.1, 0.15) is 0 Å². The molecule has 1 aromatic carbocycles. The summed E-state index contributed by atoms with van der Waals surface area (Å²) in [5, 5.41) is 0.119. The highest BCUT2D eigenvalue weighted by Gasteiger charge is 2.23. The van der Waals surface area contributed by atoms with Crippen LogP contribution in [0.3, 0.4) is 0 Å². The van der Waals surface area contributed by atoms with E-state index in [-0.39, 0.29) is 16.0 Å². The maximum absolute atomic E-state index is 12.1. The van der Waals surface area contributed by atoms with Gasteiger partial charge in [0.25, 0.3) is 5.24 Å². The Morgan fingerprint density at radius 1 is 1.24 bits per heavy atom. The molecule has 0 aliphatic heterocycles. The molecule has 0 aromatic heterocycles. The van der Waals surface area contributed by atoms with Gasteiger partial charge >= 0.3 is 0 Å². The van der Waals surface area contributed by atoms with E-state index in [2.05, 4.69) is 39.8 Å². The van der Waals surface area contributed by atoms with Crippen molar-refractivity contribution in [1.29, 1.82) is 0 Å². The van der Waals surface area contributed by atoms with Gasteiger partial charge in [-0.25, -0.2) is 0 Å². The molecule has 94 valence electrons. The summed E-state index contributed by atoms with van der Waals surface area (Å²) in [6.45, 7) is 8.21. The summed E-state index contributed by atoms with van der Waals surface area (Å²) in [4.78, 5) is 13.9. The summed E-state index contributed by atoms with van der Waals surface area (Å²) in [5.74, 6) is 0. The molecule has 0 bridgehead atoms. The first-order chi connectivity index (χ1) is 7.81. The third-order valence-electron chi connectivity index (χ3n) is 2.54. The molecule has 0 heterocycles. The average molecular weight is 251 g/mol. The van der Waals surface area contributed by atoms with E-state index in [1.54, 1.807) is 4.90 Å². The first kappa shape index (κ1) is 14.1. The Morgan fingerprint density at radius 2 is 1.76 bits per heavy atom. The summed E-state index contributed by atoms with van der Waals surface area (Å²) >= 11 is 1.37. The number of carbonyl (C=O) groups is 1. The van der Waals surface area contributed by atoms with Crippen molar-refractivity contribution in [3.8, 4) is 0 Å². The number of benzene rings is 1. The maximum Gasteiger partial charge on any atom is 0.282 e. The van der Waals surface area contributed by atoms with Gasteiger partial charge in [-0.3, -0.25) is 4.79 Å². The predicted octanol–water partition coefficient (Wildman–Crippen LogP) is 4.33. The van der Waals surface area contributed by atoms with Gasteiger partial charge in [0, 0.05) is 11.8 Å². The highest BCUT2D eigenvalue weighted by Crippen LogP contribution is 2.29. The molecular formula is C14H21NOS. The van der Waals surface area contributed by atoms with Crippen LogP contribution in [0.15, 0.2) is 30.3 Å². The average Bonchev–Trinajstić information content (AvgIpc) is 2.26. The molecule has 1 unspecified atom stereocenters. The molecule has 0 fully saturated rings. The lowest BCUT2D eigenvalue weighted by atomic mass is 10.1. The van der Waals surface area contributed by atoms with E-state index < -0.39 is 0 Å². The van der Waals surface area contributed by atoms with E-state index in [9.17, 15) is 4.79 Å². The van der Waals surface area contributed by atoms with Crippen molar-refractivity contribution >= 4 is 17.0 Å². The lowest BCUT2D eigenvalue weighted by Crippen LogP contribution is -2.29. The van der Waals surface area contributed by atoms with E-state index >= 15 is 0 Å². The van der Waals surface area contributed by atoms with Crippen LogP contribution >= 0.6 is 11.8 Å². The Bertz CT molecular complexity index is 370. The molecule has 0 aliphatic carbocycles. The summed E-state index contributed by atoms with van der Waals surface area (Å²) in [5.41, 5.74) is 1.16. The molecule has 2 nitrogen and oxygen atoms in total. The minimum atomic E-state index is -0.0399. The largest absolute Gasteiger partial charge is 0.330 e. The zero-order valence-electron chi connectivity index (χ0n) is 11.2. The van der Waals surface area contributed by atoms with Crippen molar-refractivity contribution in [3.05, 3.63) is 35.9 Å². The third kappa shape index (κ3) is 4.43. The summed E-state index contributed by atoms with van der Waals surface area (Å²) < 4.78 is -0.0399. The van der Waals surface area contributed by atoms with Crippen LogP contribution in [0.1, 0.15) is 39.3 Å². The van der Waals surface area contributed by atoms with Gasteiger partial charge in [-0.2, -0.15) is 0 Å². The third-order valence-corrected chi connectivity index (χ3v) is 3.62. The van der Waals surface area contributed by atoms with Crippen LogP contribution in [-0.2, 0) is 0 Å². The Hall–Kier alpha value is -0.960. The summed E-state index contributed by atoms with van der Waals surface area (Å²) in [6.07, 6.45) is 0. The molecule has 0 radical (unpaired) electrons. The smallest absolute Gasteiger partial charge is 0.282 e. The number of hydrogen-bond donors (Lipinski definition) is 0. The number of amides is 1. The van der Waals surface area contributed by atoms with Gasteiger partial charge in [0.2, 0.25) is 0 Å². The minimum Gasteiger partial charge on any atom is -0.330 e. The van der Waals surface area contributed by atoms with Crippen LogP contribution in [-0.4, -0.2) is 21.9 Å². The molecule has 3 heteroatoms. The molecule has 17 heavy (non-hydrogen) atoms. The van der Waals surface area contributed by atoms with Crippen LogP contribution in [0.4, 0.5) is 4.79 Å². The Kier molecular flexibility index (Phi) is 4.63. The molecule has 0 saturated heterocycles. The zero-order valence-corrected chi connectivity index (χ0v) is 12.0. The van der Waals surface area contributed by atoms with Crippen molar-refractivity contribution in [2.45, 2.75) is 38.5 Å². The molecule has 0 saturated carbocycles. The molecular weight excluding hydrogens is 230 g/mol. The van der Waals surface area contributed by atoms with Crippen LogP contribution in [0.2, 0.25) is 0 Å². The van der Waals surface area contributed by atoms with Crippen molar-refractivity contribution in [3.63, 3.8) is 0 Å². The standard InChI is InChI=1S/C14H21NOS/c1-11(12-9-7-6-8-10-12)15(5)13(16)17-14(2,3)4/h6-11H,1-5H3. The van der Waals surface area contributed by atoms with Crippen molar-refractivity contribution in [1.82, 2.24) is 4.90 Å². The lowest BCUT2D eigenvalue weighted by molar-refractivity contribution is 0.219. The van der Waals surface area contributed by atoms with E-state index in [1.807, 2.05) is 25.2 Å². The van der Waals surface area contributed by atoms with Crippen molar-refractivity contribution in [2.24, 2.45) is 0 Å². The van der Waals surface area contributed by atoms with Gasteiger partial charge in [-0.1, -0.05) is 62.9 Å². The Morgan fingerprint density at radius 3 is 2.24 bits per heavy atom. The first-order valence-corrected chi connectivity index (χ1v) is 6.63. The second-order valence-corrected chi connectivity index (χ2v) is 6.96. The number of nitrogens with zero attached hydrogens (tertiary/aromatic N) is 1. The molecule has 0 N–H and O–H groups in total. The zero-order chi connectivity index (χ0) is 13.1. The number of carbonyl (C=O) groups excluding carboxylic acids is 1. The van der Waals surface area contributed by atoms with E-state index in [1.165, 1.54) is 11.8 Å². The highest BCUT2D eigenvalue weighted by molar-refractivity contribution is 8.14. The SMILES string of the molecule is CC(c1ccccc1)N(C)C(=O)SC(C)(C)C. The fraction of sp³-hybridized carbons (Fsp3) is 0.500. The highest BCUT2D eigenvalue weighted by atomic mass is 32.2. The summed E-state index contributed by atoms with van der Waals surface area (Å²) in [7, 11) is 1.86. The van der Waals surface area contributed by atoms with Gasteiger partial charge in [0.05, 0.1) is 6.04 Å². The molecule has 1 aromatic rings. The minimum absolute atomic E-state index is 0.0399. The van der Waals surface area contributed by atoms with Crippen LogP contribution < -0.4 is 0 Å². The molecule has 0 aliphatic rings. The van der Waals surface area contributed by atoms with Crippen molar-refractivity contribution in [2.75, 3.05) is 7.05 Å². The fourth-order valence-electron chi connectivity index (χ4n) is 1.45. The first-order valence-electron chi connectivity index (χ1n) is 5.82. The van der Waals surface area contributed by atoms with Gasteiger partial charge in [0.15, 0.2) is 0 Å². The molecule has 1 atom stereocenters. The van der Waals surface area contributed by atoms with Crippen molar-refractivity contribution < 1.29 is 4.79 Å². The maximum atomic E-state index is 12.1. The van der Waals surface area contributed by atoms with Gasteiger partial charge in [-0.15, -0.1) is 0 Å². The van der Waals surface area contributed by atoms with Gasteiger partial charge < -0.3 is 4.90 Å². The van der Waals surface area contributed by atoms with E-state index in [0.29, 0.717) is 0 Å². The van der Waals surface area contributed by atoms with E-state index in [0.717, 1.165) is 5.56 Å². The Labute approximate surface area is 108 Å². The summed E-state index contributed by atoms with van der Waals surface area (Å²) in [6, 6.07) is 10.2. The molecule has 1 rings (SSSR count). The normalized spacial score (nSPS) is 13.2. The number of rotatable bonds is 2. The predicted molar refractivity (Wildman–Crippen MR) is 75.4 cm³/mol. The number of hydrogen-bond acceptors (Lipinski definition) is 2. The monoisotopic (exact) mass is 251 g/mol. The number of thioether (sulfide) groups is 1. The second-order valence-electron chi connectivity index (χ2n) is 5.18.